The third-order valence-electron chi connectivity index (χ3n) is 3.81. The first-order valence-corrected chi connectivity index (χ1v) is 7.90. The molecule has 0 fully saturated rings. The quantitative estimate of drug-likeness (QED) is 0.645. The normalized spacial score (nSPS) is 11.0. The Morgan fingerprint density at radius 2 is 1.48 bits per heavy atom. The monoisotopic (exact) mass is 342 g/mol. The summed E-state index contributed by atoms with van der Waals surface area (Å²) in [5, 5.41) is 0. The number of halogens is 3. The molecule has 0 radical (unpaired) electrons. The van der Waals surface area contributed by atoms with Crippen LogP contribution < -0.4 is 0 Å². The highest BCUT2D eigenvalue weighted by Gasteiger charge is 2.12. The molecule has 0 spiro atoms. The van der Waals surface area contributed by atoms with Crippen LogP contribution in [0.15, 0.2) is 67.0 Å². The van der Waals surface area contributed by atoms with Crippen molar-refractivity contribution in [1.82, 2.24) is 9.88 Å². The predicted octanol–water partition coefficient (Wildman–Crippen LogP) is 4.70. The van der Waals surface area contributed by atoms with Crippen molar-refractivity contribution in [3.8, 4) is 0 Å². The van der Waals surface area contributed by atoms with Crippen LogP contribution in [0.4, 0.5) is 13.2 Å². The van der Waals surface area contributed by atoms with Crippen LogP contribution in [0.1, 0.15) is 16.7 Å². The molecule has 0 amide bonds. The maximum absolute atomic E-state index is 14.0. The topological polar surface area (TPSA) is 16.1 Å². The molecule has 2 nitrogen and oxygen atoms in total. The molecule has 2 aromatic carbocycles. The van der Waals surface area contributed by atoms with Gasteiger partial charge in [0, 0.05) is 43.7 Å². The minimum atomic E-state index is -0.623. The van der Waals surface area contributed by atoms with E-state index in [1.54, 1.807) is 30.6 Å². The minimum absolute atomic E-state index is 0.290. The van der Waals surface area contributed by atoms with Gasteiger partial charge >= 0.3 is 0 Å². The van der Waals surface area contributed by atoms with Crippen LogP contribution >= 0.6 is 0 Å². The van der Waals surface area contributed by atoms with E-state index < -0.39 is 11.6 Å². The Bertz CT molecular complexity index is 817. The first-order valence-electron chi connectivity index (χ1n) is 7.90. The van der Waals surface area contributed by atoms with E-state index in [0.717, 1.165) is 11.6 Å². The standard InChI is InChI=1S/C20H17F3N2/c21-18-8-16(9-19(22)10-18)13-25(12-15-4-3-7-24-11-15)14-17-5-1-2-6-20(17)23/h1-11H,12-14H2. The average molecular weight is 342 g/mol. The lowest BCUT2D eigenvalue weighted by Gasteiger charge is -2.23. The van der Waals surface area contributed by atoms with Crippen molar-refractivity contribution in [2.24, 2.45) is 0 Å². The summed E-state index contributed by atoms with van der Waals surface area (Å²) < 4.78 is 40.9. The lowest BCUT2D eigenvalue weighted by Crippen LogP contribution is -2.23. The van der Waals surface area contributed by atoms with Crippen molar-refractivity contribution in [2.75, 3.05) is 0 Å². The summed E-state index contributed by atoms with van der Waals surface area (Å²) in [6.45, 7) is 1.10. The van der Waals surface area contributed by atoms with Gasteiger partial charge < -0.3 is 0 Å². The second-order valence-corrected chi connectivity index (χ2v) is 5.88. The molecule has 3 rings (SSSR count). The third-order valence-corrected chi connectivity index (χ3v) is 3.81. The smallest absolute Gasteiger partial charge is 0.127 e. The molecule has 5 heteroatoms. The molecule has 0 N–H and O–H groups in total. The maximum atomic E-state index is 14.0. The summed E-state index contributed by atoms with van der Waals surface area (Å²) in [6.07, 6.45) is 3.40. The Labute approximate surface area is 144 Å². The van der Waals surface area contributed by atoms with E-state index >= 15 is 0 Å². The van der Waals surface area contributed by atoms with Gasteiger partial charge in [-0.25, -0.2) is 13.2 Å². The fourth-order valence-corrected chi connectivity index (χ4v) is 2.75. The van der Waals surface area contributed by atoms with Gasteiger partial charge in [-0.3, -0.25) is 9.88 Å². The molecule has 0 bridgehead atoms. The van der Waals surface area contributed by atoms with E-state index in [1.807, 2.05) is 17.0 Å². The number of benzene rings is 2. The molecule has 0 aliphatic carbocycles. The Balaban J connectivity index is 1.84. The maximum Gasteiger partial charge on any atom is 0.127 e. The van der Waals surface area contributed by atoms with Gasteiger partial charge in [0.25, 0.3) is 0 Å². The number of nitrogens with zero attached hydrogens (tertiary/aromatic N) is 2. The Hall–Kier alpha value is -2.66. The summed E-state index contributed by atoms with van der Waals surface area (Å²) in [7, 11) is 0. The van der Waals surface area contributed by atoms with Crippen molar-refractivity contribution in [3.63, 3.8) is 0 Å². The second kappa shape index (κ2) is 7.94. The van der Waals surface area contributed by atoms with E-state index in [9.17, 15) is 13.2 Å². The van der Waals surface area contributed by atoms with Crippen LogP contribution in [0, 0.1) is 17.5 Å². The average Bonchev–Trinajstić information content (AvgIpc) is 2.57. The highest BCUT2D eigenvalue weighted by atomic mass is 19.1. The molecule has 128 valence electrons. The molecule has 0 saturated carbocycles. The van der Waals surface area contributed by atoms with E-state index in [0.29, 0.717) is 24.2 Å². The van der Waals surface area contributed by atoms with E-state index in [2.05, 4.69) is 4.98 Å². The molecule has 3 aromatic rings. The zero-order valence-electron chi connectivity index (χ0n) is 13.5. The summed E-state index contributed by atoms with van der Waals surface area (Å²) in [5.41, 5.74) is 1.97. The van der Waals surface area contributed by atoms with Gasteiger partial charge in [-0.15, -0.1) is 0 Å². The second-order valence-electron chi connectivity index (χ2n) is 5.88. The molecule has 25 heavy (non-hydrogen) atoms. The van der Waals surface area contributed by atoms with E-state index in [1.165, 1.54) is 18.2 Å². The van der Waals surface area contributed by atoms with Crippen molar-refractivity contribution in [2.45, 2.75) is 19.6 Å². The molecular weight excluding hydrogens is 325 g/mol. The number of hydrogen-bond donors (Lipinski definition) is 0. The SMILES string of the molecule is Fc1cc(F)cc(CN(Cc2cccnc2)Cc2ccccc2F)c1. The summed E-state index contributed by atoms with van der Waals surface area (Å²) >= 11 is 0. The molecule has 1 aromatic heterocycles. The lowest BCUT2D eigenvalue weighted by molar-refractivity contribution is 0.243. The molecule has 1 heterocycles. The van der Waals surface area contributed by atoms with Gasteiger partial charge in [-0.1, -0.05) is 24.3 Å². The number of hydrogen-bond acceptors (Lipinski definition) is 2. The van der Waals surface area contributed by atoms with Crippen molar-refractivity contribution < 1.29 is 13.2 Å². The Morgan fingerprint density at radius 1 is 0.760 bits per heavy atom. The molecule has 0 saturated heterocycles. The molecule has 0 atom stereocenters. The number of aromatic nitrogens is 1. The van der Waals surface area contributed by atoms with Crippen LogP contribution in [0.2, 0.25) is 0 Å². The van der Waals surface area contributed by atoms with Crippen LogP contribution in [-0.2, 0) is 19.6 Å². The number of rotatable bonds is 6. The third kappa shape index (κ3) is 4.90. The van der Waals surface area contributed by atoms with Crippen molar-refractivity contribution in [1.29, 1.82) is 0 Å². The van der Waals surface area contributed by atoms with Crippen LogP contribution in [0.3, 0.4) is 0 Å². The minimum Gasteiger partial charge on any atom is -0.290 e. The van der Waals surface area contributed by atoms with Crippen LogP contribution in [0.5, 0.6) is 0 Å². The molecule has 0 aliphatic heterocycles. The summed E-state index contributed by atoms with van der Waals surface area (Å²) in [6, 6.07) is 13.7. The number of pyridine rings is 1. The van der Waals surface area contributed by atoms with Crippen molar-refractivity contribution >= 4 is 0 Å². The van der Waals surface area contributed by atoms with Gasteiger partial charge in [0.15, 0.2) is 0 Å². The van der Waals surface area contributed by atoms with Gasteiger partial charge in [0.05, 0.1) is 0 Å². The van der Waals surface area contributed by atoms with E-state index in [4.69, 9.17) is 0 Å². The summed E-state index contributed by atoms with van der Waals surface area (Å²) in [4.78, 5) is 6.00. The van der Waals surface area contributed by atoms with Crippen molar-refractivity contribution in [3.05, 3.63) is 101 Å². The fraction of sp³-hybridized carbons (Fsp3) is 0.150. The first-order chi connectivity index (χ1) is 12.1. The lowest BCUT2D eigenvalue weighted by atomic mass is 10.1. The molecule has 0 unspecified atom stereocenters. The Morgan fingerprint density at radius 3 is 2.16 bits per heavy atom. The van der Waals surface area contributed by atoms with Crippen LogP contribution in [0.25, 0.3) is 0 Å². The highest BCUT2D eigenvalue weighted by molar-refractivity contribution is 5.20. The van der Waals surface area contributed by atoms with Crippen LogP contribution in [-0.4, -0.2) is 9.88 Å². The highest BCUT2D eigenvalue weighted by Crippen LogP contribution is 2.17. The zero-order chi connectivity index (χ0) is 17.6. The van der Waals surface area contributed by atoms with Gasteiger partial charge in [0.2, 0.25) is 0 Å². The summed E-state index contributed by atoms with van der Waals surface area (Å²) in [5.74, 6) is -1.55. The van der Waals surface area contributed by atoms with Gasteiger partial charge in [0.1, 0.15) is 17.5 Å². The van der Waals surface area contributed by atoms with Gasteiger partial charge in [-0.2, -0.15) is 0 Å². The Kier molecular flexibility index (Phi) is 5.46. The molecule has 0 aliphatic rings. The predicted molar refractivity (Wildman–Crippen MR) is 89.9 cm³/mol. The molecular formula is C20H17F3N2. The van der Waals surface area contributed by atoms with Gasteiger partial charge in [-0.05, 0) is 35.4 Å². The fourth-order valence-electron chi connectivity index (χ4n) is 2.75. The zero-order valence-corrected chi connectivity index (χ0v) is 13.5. The van der Waals surface area contributed by atoms with E-state index in [-0.39, 0.29) is 12.4 Å². The largest absolute Gasteiger partial charge is 0.290 e. The first kappa shape index (κ1) is 17.2.